The molecular formula is C13H13F3N2O2. The topological polar surface area (TPSA) is 53.4 Å². The van der Waals surface area contributed by atoms with Crippen molar-refractivity contribution in [2.45, 2.75) is 26.3 Å². The molecule has 0 aliphatic carbocycles. The Balaban J connectivity index is 2.46. The highest BCUT2D eigenvalue weighted by atomic mass is 19.4. The Bertz CT molecular complexity index is 569. The first-order chi connectivity index (χ1) is 9.21. The lowest BCUT2D eigenvalue weighted by Crippen LogP contribution is -2.47. The predicted octanol–water partition coefficient (Wildman–Crippen LogP) is 2.35. The number of pyridine rings is 1. The van der Waals surface area contributed by atoms with E-state index in [2.05, 4.69) is 4.98 Å². The quantitative estimate of drug-likeness (QED) is 0.862. The number of hydrogen-bond acceptors (Lipinski definition) is 3. The zero-order valence-electron chi connectivity index (χ0n) is 10.8. The summed E-state index contributed by atoms with van der Waals surface area (Å²) in [6, 6.07) is 1.57. The minimum Gasteiger partial charge on any atom is -0.372 e. The molecule has 2 heterocycles. The second kappa shape index (κ2) is 4.90. The Hall–Kier alpha value is -1.89. The molecule has 7 heteroatoms. The molecule has 1 unspecified atom stereocenters. The third kappa shape index (κ3) is 2.53. The van der Waals surface area contributed by atoms with Crippen LogP contribution in [0.2, 0.25) is 0 Å². The highest BCUT2D eigenvalue weighted by Crippen LogP contribution is 2.32. The maximum atomic E-state index is 12.7. The summed E-state index contributed by atoms with van der Waals surface area (Å²) in [5, 5.41) is 10.0. The highest BCUT2D eigenvalue weighted by Gasteiger charge is 2.36. The second-order valence-electron chi connectivity index (χ2n) is 4.70. The van der Waals surface area contributed by atoms with Crippen LogP contribution in [0.4, 0.5) is 19.0 Å². The smallest absolute Gasteiger partial charge is 0.372 e. The van der Waals surface area contributed by atoms with Gasteiger partial charge in [0.15, 0.2) is 0 Å². The van der Waals surface area contributed by atoms with E-state index in [-0.39, 0.29) is 11.7 Å². The molecule has 1 N–H and O–H groups in total. The Morgan fingerprint density at radius 1 is 1.40 bits per heavy atom. The summed E-state index contributed by atoms with van der Waals surface area (Å²) in [5.74, 6) is -1.15. The summed E-state index contributed by atoms with van der Waals surface area (Å²) in [6.07, 6.45) is -3.21. The van der Waals surface area contributed by atoms with Gasteiger partial charge in [-0.15, -0.1) is 0 Å². The number of amides is 1. The van der Waals surface area contributed by atoms with E-state index in [1.54, 1.807) is 19.9 Å². The molecule has 0 spiro atoms. The molecule has 1 amide bonds. The molecule has 1 aromatic heterocycles. The molecule has 20 heavy (non-hydrogen) atoms. The Labute approximate surface area is 113 Å². The lowest BCUT2D eigenvalue weighted by molar-refractivity contribution is -0.137. The normalized spacial score (nSPS) is 23.8. The molecule has 0 saturated heterocycles. The van der Waals surface area contributed by atoms with Crippen molar-refractivity contribution in [1.82, 2.24) is 4.98 Å². The minimum atomic E-state index is -4.53. The van der Waals surface area contributed by atoms with Crippen molar-refractivity contribution in [3.05, 3.63) is 35.5 Å². The van der Waals surface area contributed by atoms with Gasteiger partial charge in [0.2, 0.25) is 0 Å². The largest absolute Gasteiger partial charge is 0.416 e. The Morgan fingerprint density at radius 3 is 2.65 bits per heavy atom. The summed E-state index contributed by atoms with van der Waals surface area (Å²) < 4.78 is 38.0. The SMILES string of the molecule is CC1=C[C@H](C)C(O)N(c2cc(C(F)(F)F)ccn2)C1=O. The van der Waals surface area contributed by atoms with Gasteiger partial charge in [-0.2, -0.15) is 13.2 Å². The second-order valence-corrected chi connectivity index (χ2v) is 4.70. The standard InChI is InChI=1S/C13H13F3N2O2/c1-7-5-8(2)12(20)18(11(7)19)10-6-9(3-4-17-10)13(14,15)16/h3-7,11,19H,1-2H3/t7-,11?/m0/s1. The molecule has 1 aromatic rings. The summed E-state index contributed by atoms with van der Waals surface area (Å²) >= 11 is 0. The molecule has 0 bridgehead atoms. The van der Waals surface area contributed by atoms with Crippen molar-refractivity contribution < 1.29 is 23.1 Å². The molecule has 1 aliphatic heterocycles. The van der Waals surface area contributed by atoms with Crippen molar-refractivity contribution >= 4 is 11.7 Å². The number of rotatable bonds is 1. The van der Waals surface area contributed by atoms with Crippen LogP contribution in [0.15, 0.2) is 30.0 Å². The zero-order valence-corrected chi connectivity index (χ0v) is 10.8. The zero-order chi connectivity index (χ0) is 15.1. The molecule has 4 nitrogen and oxygen atoms in total. The highest BCUT2D eigenvalue weighted by molar-refractivity contribution is 6.05. The van der Waals surface area contributed by atoms with Gasteiger partial charge in [0.05, 0.1) is 5.56 Å². The van der Waals surface area contributed by atoms with E-state index >= 15 is 0 Å². The molecule has 108 valence electrons. The van der Waals surface area contributed by atoms with Gasteiger partial charge in [0.25, 0.3) is 5.91 Å². The van der Waals surface area contributed by atoms with Crippen molar-refractivity contribution in [2.24, 2.45) is 5.92 Å². The number of hydrogen-bond donors (Lipinski definition) is 1. The number of halogens is 3. The Kier molecular flexibility index (Phi) is 3.56. The van der Waals surface area contributed by atoms with Crippen LogP contribution in [0.5, 0.6) is 0 Å². The third-order valence-corrected chi connectivity index (χ3v) is 3.12. The van der Waals surface area contributed by atoms with Crippen molar-refractivity contribution in [3.8, 4) is 0 Å². The van der Waals surface area contributed by atoms with Crippen LogP contribution in [0, 0.1) is 5.92 Å². The Morgan fingerprint density at radius 2 is 2.05 bits per heavy atom. The lowest BCUT2D eigenvalue weighted by Gasteiger charge is -2.34. The van der Waals surface area contributed by atoms with E-state index in [1.807, 2.05) is 0 Å². The fourth-order valence-electron chi connectivity index (χ4n) is 2.06. The summed E-state index contributed by atoms with van der Waals surface area (Å²) in [7, 11) is 0. The lowest BCUT2D eigenvalue weighted by atomic mass is 9.99. The van der Waals surface area contributed by atoms with Gasteiger partial charge >= 0.3 is 6.18 Å². The van der Waals surface area contributed by atoms with Crippen LogP contribution >= 0.6 is 0 Å². The average Bonchev–Trinajstić information content (AvgIpc) is 2.36. The van der Waals surface area contributed by atoms with Crippen LogP contribution in [0.3, 0.4) is 0 Å². The number of carbonyl (C=O) groups is 1. The fourth-order valence-corrected chi connectivity index (χ4v) is 2.06. The number of aliphatic hydroxyl groups is 1. The summed E-state index contributed by atoms with van der Waals surface area (Å²) in [4.78, 5) is 16.7. The van der Waals surface area contributed by atoms with Crippen molar-refractivity contribution in [3.63, 3.8) is 0 Å². The molecule has 1 aliphatic rings. The van der Waals surface area contributed by atoms with E-state index in [1.165, 1.54) is 0 Å². The number of aliphatic hydroxyl groups excluding tert-OH is 1. The average molecular weight is 286 g/mol. The molecular weight excluding hydrogens is 273 g/mol. The third-order valence-electron chi connectivity index (χ3n) is 3.12. The maximum absolute atomic E-state index is 12.7. The van der Waals surface area contributed by atoms with E-state index in [4.69, 9.17) is 0 Å². The van der Waals surface area contributed by atoms with Crippen LogP contribution in [0.25, 0.3) is 0 Å². The molecule has 2 rings (SSSR count). The number of nitrogens with zero attached hydrogens (tertiary/aromatic N) is 2. The van der Waals surface area contributed by atoms with Gasteiger partial charge in [0.1, 0.15) is 12.0 Å². The summed E-state index contributed by atoms with van der Waals surface area (Å²) in [6.45, 7) is 3.21. The first-order valence-electron chi connectivity index (χ1n) is 5.95. The van der Waals surface area contributed by atoms with Gasteiger partial charge in [-0.3, -0.25) is 9.69 Å². The molecule has 0 aromatic carbocycles. The van der Waals surface area contributed by atoms with Gasteiger partial charge in [0, 0.05) is 17.7 Å². The van der Waals surface area contributed by atoms with Gasteiger partial charge in [-0.05, 0) is 19.1 Å². The van der Waals surface area contributed by atoms with Gasteiger partial charge in [-0.25, -0.2) is 4.98 Å². The monoisotopic (exact) mass is 286 g/mol. The number of carbonyl (C=O) groups excluding carboxylic acids is 1. The van der Waals surface area contributed by atoms with E-state index < -0.39 is 23.9 Å². The maximum Gasteiger partial charge on any atom is 0.416 e. The first kappa shape index (κ1) is 14.5. The van der Waals surface area contributed by atoms with Crippen LogP contribution in [-0.2, 0) is 11.0 Å². The number of aromatic nitrogens is 1. The number of anilines is 1. The first-order valence-corrected chi connectivity index (χ1v) is 5.95. The minimum absolute atomic E-state index is 0.211. The molecule has 0 saturated carbocycles. The van der Waals surface area contributed by atoms with Crippen molar-refractivity contribution in [1.29, 1.82) is 0 Å². The van der Waals surface area contributed by atoms with E-state index in [0.29, 0.717) is 5.57 Å². The molecule has 0 radical (unpaired) electrons. The fraction of sp³-hybridized carbons (Fsp3) is 0.385. The summed E-state index contributed by atoms with van der Waals surface area (Å²) in [5.41, 5.74) is -0.552. The van der Waals surface area contributed by atoms with Crippen molar-refractivity contribution in [2.75, 3.05) is 4.90 Å². The van der Waals surface area contributed by atoms with Crippen LogP contribution in [0.1, 0.15) is 19.4 Å². The molecule has 0 fully saturated rings. The van der Waals surface area contributed by atoms with E-state index in [9.17, 15) is 23.1 Å². The van der Waals surface area contributed by atoms with Crippen LogP contribution in [-0.4, -0.2) is 22.2 Å². The van der Waals surface area contributed by atoms with Crippen LogP contribution < -0.4 is 4.90 Å². The van der Waals surface area contributed by atoms with Gasteiger partial charge in [-0.1, -0.05) is 13.0 Å². The predicted molar refractivity (Wildman–Crippen MR) is 65.7 cm³/mol. The van der Waals surface area contributed by atoms with Gasteiger partial charge < -0.3 is 5.11 Å². The number of alkyl halides is 3. The van der Waals surface area contributed by atoms with E-state index in [0.717, 1.165) is 23.2 Å². The molecule has 2 atom stereocenters.